The molecular formula is C6H10O2S2. The molecule has 0 rings (SSSR count). The Kier molecular flexibility index (Phi) is 3.89. The zero-order valence-electron chi connectivity index (χ0n) is 5.87. The Bertz CT molecular complexity index is 156. The number of aliphatic carboxylic acids is 1. The first kappa shape index (κ1) is 9.91. The summed E-state index contributed by atoms with van der Waals surface area (Å²) >= 11 is 3.86. The van der Waals surface area contributed by atoms with Crippen LogP contribution in [0.5, 0.6) is 0 Å². The van der Waals surface area contributed by atoms with E-state index in [0.717, 1.165) is 10.8 Å². The molecule has 4 heteroatoms. The van der Waals surface area contributed by atoms with E-state index in [0.29, 0.717) is 0 Å². The Morgan fingerprint density at radius 2 is 2.30 bits per heavy atom. The van der Waals surface area contributed by atoms with Crippen LogP contribution >= 0.6 is 22.5 Å². The minimum absolute atomic E-state index is 0.870. The molecule has 1 N–H and O–H groups in total. The number of rotatable bonds is 3. The molecule has 10 heavy (non-hydrogen) atoms. The zero-order valence-corrected chi connectivity index (χ0v) is 7.58. The van der Waals surface area contributed by atoms with E-state index in [4.69, 9.17) is 5.11 Å². The van der Waals surface area contributed by atoms with Gasteiger partial charge in [-0.15, -0.1) is 11.7 Å². The summed E-state index contributed by atoms with van der Waals surface area (Å²) in [6.45, 7) is 3.39. The smallest absolute Gasteiger partial charge is 0.324 e. The van der Waals surface area contributed by atoms with Gasteiger partial charge in [-0.25, -0.2) is 0 Å². The molecule has 0 saturated carbocycles. The van der Waals surface area contributed by atoms with Crippen LogP contribution in [0.1, 0.15) is 13.8 Å². The summed E-state index contributed by atoms with van der Waals surface area (Å²) in [5.41, 5.74) is 0. The molecule has 2 nitrogen and oxygen atoms in total. The van der Waals surface area contributed by atoms with E-state index in [1.54, 1.807) is 26.0 Å². The summed E-state index contributed by atoms with van der Waals surface area (Å²) in [7, 11) is 1.01. The van der Waals surface area contributed by atoms with Crippen LogP contribution in [-0.4, -0.2) is 15.8 Å². The van der Waals surface area contributed by atoms with Gasteiger partial charge in [0.25, 0.3) is 0 Å². The van der Waals surface area contributed by atoms with Crippen molar-refractivity contribution in [2.45, 2.75) is 18.6 Å². The van der Waals surface area contributed by atoms with Crippen molar-refractivity contribution in [3.8, 4) is 0 Å². The van der Waals surface area contributed by atoms with Crippen molar-refractivity contribution in [1.29, 1.82) is 0 Å². The number of hydrogen-bond donors (Lipinski definition) is 2. The van der Waals surface area contributed by atoms with Gasteiger partial charge < -0.3 is 5.11 Å². The lowest BCUT2D eigenvalue weighted by Gasteiger charge is -2.15. The number of carboxylic acids is 1. The van der Waals surface area contributed by atoms with Crippen molar-refractivity contribution in [2.24, 2.45) is 0 Å². The maximum absolute atomic E-state index is 10.5. The fraction of sp³-hybridized carbons (Fsp3) is 0.500. The quantitative estimate of drug-likeness (QED) is 0.394. The second-order valence-corrected chi connectivity index (χ2v) is 3.58. The highest BCUT2D eigenvalue weighted by Crippen LogP contribution is 2.29. The topological polar surface area (TPSA) is 37.3 Å². The van der Waals surface area contributed by atoms with Gasteiger partial charge >= 0.3 is 5.97 Å². The number of allylic oxidation sites excluding steroid dienone is 1. The average Bonchev–Trinajstić information content (AvgIpc) is 1.88. The second kappa shape index (κ2) is 3.93. The standard InChI is InChI=1S/C6H10O2S2/c1-3-4-6(2,10-9)5(7)8/h3-4,9H,1-2H3,(H,7,8). The van der Waals surface area contributed by atoms with Gasteiger partial charge in [0.15, 0.2) is 0 Å². The van der Waals surface area contributed by atoms with Gasteiger partial charge in [0.05, 0.1) is 0 Å². The van der Waals surface area contributed by atoms with Crippen molar-refractivity contribution >= 4 is 28.4 Å². The van der Waals surface area contributed by atoms with Crippen molar-refractivity contribution in [1.82, 2.24) is 0 Å². The van der Waals surface area contributed by atoms with Crippen LogP contribution in [0.3, 0.4) is 0 Å². The SMILES string of the molecule is CC=CC(C)(SS)C(=O)O. The lowest BCUT2D eigenvalue weighted by molar-refractivity contribution is -0.138. The Hall–Kier alpha value is -0.0900. The maximum Gasteiger partial charge on any atom is 0.324 e. The van der Waals surface area contributed by atoms with E-state index in [-0.39, 0.29) is 0 Å². The first-order chi connectivity index (χ1) is 4.56. The number of carbonyl (C=O) groups is 1. The van der Waals surface area contributed by atoms with Crippen LogP contribution in [0.4, 0.5) is 0 Å². The summed E-state index contributed by atoms with van der Waals surface area (Å²) in [6.07, 6.45) is 3.31. The van der Waals surface area contributed by atoms with Gasteiger partial charge in [-0.2, -0.15) is 0 Å². The molecule has 0 spiro atoms. The summed E-state index contributed by atoms with van der Waals surface area (Å²) in [5, 5.41) is 8.64. The van der Waals surface area contributed by atoms with E-state index < -0.39 is 10.7 Å². The number of hydrogen-bond acceptors (Lipinski definition) is 3. The molecular weight excluding hydrogens is 168 g/mol. The third kappa shape index (κ3) is 2.27. The van der Waals surface area contributed by atoms with Crippen LogP contribution in [0, 0.1) is 0 Å². The first-order valence-corrected chi connectivity index (χ1v) is 4.63. The van der Waals surface area contributed by atoms with Crippen LogP contribution in [0.2, 0.25) is 0 Å². The highest BCUT2D eigenvalue weighted by molar-refractivity contribution is 8.69. The first-order valence-electron chi connectivity index (χ1n) is 2.76. The normalized spacial score (nSPS) is 17.1. The summed E-state index contributed by atoms with van der Waals surface area (Å²) in [5.74, 6) is -0.870. The Balaban J connectivity index is 4.38. The predicted octanol–water partition coefficient (Wildman–Crippen LogP) is 1.98. The van der Waals surface area contributed by atoms with E-state index in [9.17, 15) is 4.79 Å². The molecule has 0 bridgehead atoms. The van der Waals surface area contributed by atoms with Gasteiger partial charge in [-0.1, -0.05) is 22.9 Å². The molecule has 0 radical (unpaired) electrons. The summed E-state index contributed by atoms with van der Waals surface area (Å²) in [6, 6.07) is 0. The van der Waals surface area contributed by atoms with E-state index in [1.165, 1.54) is 0 Å². The molecule has 0 aliphatic carbocycles. The van der Waals surface area contributed by atoms with E-state index in [2.05, 4.69) is 11.7 Å². The summed E-state index contributed by atoms with van der Waals surface area (Å²) < 4.78 is -0.891. The maximum atomic E-state index is 10.5. The minimum Gasteiger partial charge on any atom is -0.480 e. The molecule has 58 valence electrons. The van der Waals surface area contributed by atoms with Crippen LogP contribution in [-0.2, 0) is 4.79 Å². The third-order valence-corrected chi connectivity index (χ3v) is 2.93. The Morgan fingerprint density at radius 1 is 1.80 bits per heavy atom. The monoisotopic (exact) mass is 178 g/mol. The van der Waals surface area contributed by atoms with E-state index >= 15 is 0 Å². The fourth-order valence-corrected chi connectivity index (χ4v) is 1.15. The molecule has 1 atom stereocenters. The molecule has 0 amide bonds. The largest absolute Gasteiger partial charge is 0.480 e. The molecule has 0 heterocycles. The van der Waals surface area contributed by atoms with Crippen LogP contribution in [0.15, 0.2) is 12.2 Å². The third-order valence-electron chi connectivity index (χ3n) is 1.10. The molecule has 0 aliphatic heterocycles. The molecule has 1 unspecified atom stereocenters. The molecule has 0 saturated heterocycles. The van der Waals surface area contributed by atoms with Gasteiger partial charge in [-0.3, -0.25) is 4.79 Å². The van der Waals surface area contributed by atoms with Crippen molar-refractivity contribution in [3.63, 3.8) is 0 Å². The van der Waals surface area contributed by atoms with Gasteiger partial charge in [0.1, 0.15) is 4.75 Å². The van der Waals surface area contributed by atoms with Gasteiger partial charge in [0, 0.05) is 0 Å². The Morgan fingerprint density at radius 3 is 2.40 bits per heavy atom. The fourth-order valence-electron chi connectivity index (χ4n) is 0.459. The molecule has 0 aliphatic rings. The van der Waals surface area contributed by atoms with Crippen molar-refractivity contribution in [3.05, 3.63) is 12.2 Å². The predicted molar refractivity (Wildman–Crippen MR) is 47.4 cm³/mol. The lowest BCUT2D eigenvalue weighted by Crippen LogP contribution is -2.27. The van der Waals surface area contributed by atoms with Gasteiger partial charge in [-0.05, 0) is 13.8 Å². The average molecular weight is 178 g/mol. The van der Waals surface area contributed by atoms with Crippen LogP contribution in [0.25, 0.3) is 0 Å². The number of carboxylic acid groups (broad SMARTS) is 1. The highest BCUT2D eigenvalue weighted by Gasteiger charge is 2.28. The molecule has 0 aromatic rings. The molecule has 0 fully saturated rings. The number of thiol groups is 1. The molecule has 0 aromatic carbocycles. The van der Waals surface area contributed by atoms with E-state index in [1.807, 2.05) is 0 Å². The lowest BCUT2D eigenvalue weighted by atomic mass is 10.1. The minimum atomic E-state index is -0.891. The summed E-state index contributed by atoms with van der Waals surface area (Å²) in [4.78, 5) is 10.5. The van der Waals surface area contributed by atoms with Crippen molar-refractivity contribution in [2.75, 3.05) is 0 Å². The van der Waals surface area contributed by atoms with Gasteiger partial charge in [0.2, 0.25) is 0 Å². The Labute approximate surface area is 69.5 Å². The van der Waals surface area contributed by atoms with Crippen LogP contribution < -0.4 is 0 Å². The van der Waals surface area contributed by atoms with Crippen molar-refractivity contribution < 1.29 is 9.90 Å². The second-order valence-electron chi connectivity index (χ2n) is 2.00. The zero-order chi connectivity index (χ0) is 8.20. The molecule has 0 aromatic heterocycles. The highest BCUT2D eigenvalue weighted by atomic mass is 33.1.